The van der Waals surface area contributed by atoms with Crippen LogP contribution in [0, 0.1) is 0 Å². The quantitative estimate of drug-likeness (QED) is 0.657. The fourth-order valence-electron chi connectivity index (χ4n) is 0.959. The number of H-pyrrole nitrogens is 1. The zero-order chi connectivity index (χ0) is 6.97. The molecule has 2 rings (SSSR count). The molecule has 0 spiro atoms. The third kappa shape index (κ3) is 0.830. The third-order valence-electron chi connectivity index (χ3n) is 1.46. The molecule has 0 aliphatic heterocycles. The molecule has 47 valence electrons. The molecular weight excluding hydrogens is 231 g/mol. The predicted molar refractivity (Wildman–Crippen MR) is 41.5 cm³/mol. The zero-order valence-electron chi connectivity index (χ0n) is 5.26. The normalized spacial score (nSPS) is 10.5. The fourth-order valence-corrected chi connectivity index (χ4v) is 1.72. The summed E-state index contributed by atoms with van der Waals surface area (Å²) in [5.41, 5.74) is 1.06. The third-order valence-corrected chi connectivity index (χ3v) is 2.55. The predicted octanol–water partition coefficient (Wildman–Crippen LogP) is 0.357. The summed E-state index contributed by atoms with van der Waals surface area (Å²) in [5.74, 6) is 0. The Morgan fingerprint density at radius 3 is 2.90 bits per heavy atom. The average molecular weight is 236 g/mol. The summed E-state index contributed by atoms with van der Waals surface area (Å²) in [6.07, 6.45) is 0. The van der Waals surface area contributed by atoms with Gasteiger partial charge in [0.05, 0.1) is 0 Å². The van der Waals surface area contributed by atoms with E-state index < -0.39 is 0 Å². The van der Waals surface area contributed by atoms with Gasteiger partial charge in [0.1, 0.15) is 0 Å². The number of rotatable bonds is 0. The van der Waals surface area contributed by atoms with Crippen LogP contribution in [0.5, 0.6) is 0 Å². The van der Waals surface area contributed by atoms with Crippen molar-refractivity contribution in [3.8, 4) is 0 Å². The zero-order valence-corrected chi connectivity index (χ0v) is 8.11. The van der Waals surface area contributed by atoms with Crippen LogP contribution in [0.15, 0.2) is 24.3 Å². The van der Waals surface area contributed by atoms with Gasteiger partial charge in [0, 0.05) is 0 Å². The standard InChI is InChI=1S/C7H5N2.Sn/c1-2-4-7-6(3-1)5-8-9-7;/h1-4H,(H,8,9);. The first kappa shape index (κ1) is 6.22. The molecule has 10 heavy (non-hydrogen) atoms. The van der Waals surface area contributed by atoms with Gasteiger partial charge in [0.2, 0.25) is 0 Å². The minimum absolute atomic E-state index is 1.06. The Labute approximate surface area is 71.7 Å². The minimum atomic E-state index is 1.06. The molecule has 0 amide bonds. The van der Waals surface area contributed by atoms with Crippen LogP contribution in [-0.2, 0) is 0 Å². The summed E-state index contributed by atoms with van der Waals surface area (Å²) in [4.78, 5) is 0. The Bertz CT molecular complexity index is 353. The van der Waals surface area contributed by atoms with Gasteiger partial charge in [0.15, 0.2) is 0 Å². The number of fused-ring (bicyclic) bond motifs is 1. The van der Waals surface area contributed by atoms with Gasteiger partial charge in [-0.2, -0.15) is 0 Å². The van der Waals surface area contributed by atoms with Gasteiger partial charge < -0.3 is 0 Å². The van der Waals surface area contributed by atoms with Crippen LogP contribution >= 0.6 is 0 Å². The number of hydrogen-bond acceptors (Lipinski definition) is 1. The molecular formula is C7H5N2Sn. The molecule has 1 aromatic heterocycles. The number of hydrogen-bond donors (Lipinski definition) is 1. The van der Waals surface area contributed by atoms with Gasteiger partial charge in [-0.05, 0) is 0 Å². The molecule has 0 aliphatic rings. The van der Waals surface area contributed by atoms with E-state index in [2.05, 4.69) is 16.3 Å². The second-order valence-corrected chi connectivity index (χ2v) is 3.54. The Hall–Kier alpha value is -0.511. The van der Waals surface area contributed by atoms with Crippen molar-refractivity contribution < 1.29 is 0 Å². The van der Waals surface area contributed by atoms with Crippen LogP contribution in [0.2, 0.25) is 0 Å². The van der Waals surface area contributed by atoms with E-state index in [9.17, 15) is 0 Å². The van der Waals surface area contributed by atoms with Gasteiger partial charge in [-0.15, -0.1) is 0 Å². The first-order chi connectivity index (χ1) is 4.88. The summed E-state index contributed by atoms with van der Waals surface area (Å²) in [6.45, 7) is 0. The molecule has 0 bridgehead atoms. The van der Waals surface area contributed by atoms with Crippen molar-refractivity contribution in [1.82, 2.24) is 10.2 Å². The summed E-state index contributed by atoms with van der Waals surface area (Å²) in [5, 5.41) is 8.33. The Balaban J connectivity index is 2.93. The molecule has 0 saturated carbocycles. The van der Waals surface area contributed by atoms with Gasteiger partial charge >= 0.3 is 71.6 Å². The van der Waals surface area contributed by atoms with Crippen molar-refractivity contribution >= 4 is 37.1 Å². The summed E-state index contributed by atoms with van der Waals surface area (Å²) >= 11 is 1.39. The number of nitrogens with zero attached hydrogens (tertiary/aromatic N) is 1. The van der Waals surface area contributed by atoms with Crippen molar-refractivity contribution in [2.24, 2.45) is 0 Å². The summed E-state index contributed by atoms with van der Waals surface area (Å²) in [6, 6.07) is 8.13. The number of aromatic amines is 1. The van der Waals surface area contributed by atoms with Crippen LogP contribution in [0.25, 0.3) is 10.9 Å². The van der Waals surface area contributed by atoms with Crippen molar-refractivity contribution in [3.63, 3.8) is 0 Å². The van der Waals surface area contributed by atoms with E-state index in [-0.39, 0.29) is 0 Å². The van der Waals surface area contributed by atoms with Gasteiger partial charge in [-0.25, -0.2) is 0 Å². The monoisotopic (exact) mass is 237 g/mol. The first-order valence-electron chi connectivity index (χ1n) is 3.02. The van der Waals surface area contributed by atoms with E-state index in [1.165, 1.54) is 31.6 Å². The number of aromatic nitrogens is 2. The van der Waals surface area contributed by atoms with Crippen LogP contribution in [0.4, 0.5) is 0 Å². The topological polar surface area (TPSA) is 28.7 Å². The molecule has 0 saturated heterocycles. The number of benzene rings is 1. The van der Waals surface area contributed by atoms with Crippen LogP contribution in [0.1, 0.15) is 0 Å². The SMILES string of the molecule is [Sn][c]1[nH]nc2ccccc12. The second kappa shape index (κ2) is 2.27. The van der Waals surface area contributed by atoms with E-state index in [1.807, 2.05) is 18.2 Å². The van der Waals surface area contributed by atoms with E-state index >= 15 is 0 Å². The van der Waals surface area contributed by atoms with Crippen molar-refractivity contribution in [3.05, 3.63) is 24.3 Å². The van der Waals surface area contributed by atoms with Crippen LogP contribution in [0.3, 0.4) is 0 Å². The Morgan fingerprint density at radius 1 is 1.30 bits per heavy atom. The van der Waals surface area contributed by atoms with E-state index in [1.54, 1.807) is 0 Å². The van der Waals surface area contributed by atoms with E-state index in [4.69, 9.17) is 0 Å². The van der Waals surface area contributed by atoms with Crippen LogP contribution in [-0.4, -0.2) is 32.7 Å². The molecule has 0 aliphatic carbocycles. The van der Waals surface area contributed by atoms with Crippen molar-refractivity contribution in [1.29, 1.82) is 0 Å². The van der Waals surface area contributed by atoms with Gasteiger partial charge in [-0.1, -0.05) is 0 Å². The van der Waals surface area contributed by atoms with E-state index in [0.29, 0.717) is 0 Å². The molecule has 2 aromatic rings. The maximum absolute atomic E-state index is 4.12. The summed E-state index contributed by atoms with van der Waals surface area (Å²) in [7, 11) is 0. The van der Waals surface area contributed by atoms with Crippen molar-refractivity contribution in [2.75, 3.05) is 0 Å². The summed E-state index contributed by atoms with van der Waals surface area (Å²) < 4.78 is 1.22. The molecule has 3 radical (unpaired) electrons. The molecule has 0 atom stereocenters. The van der Waals surface area contributed by atoms with Gasteiger partial charge in [0.25, 0.3) is 0 Å². The number of nitrogens with one attached hydrogen (secondary N) is 1. The molecule has 1 N–H and O–H groups in total. The van der Waals surface area contributed by atoms with Crippen molar-refractivity contribution in [2.45, 2.75) is 0 Å². The molecule has 1 aromatic carbocycles. The number of para-hydroxylation sites is 1. The molecule has 0 unspecified atom stereocenters. The Kier molecular flexibility index (Phi) is 1.41. The van der Waals surface area contributed by atoms with E-state index in [0.717, 1.165) is 5.52 Å². The maximum atomic E-state index is 4.12. The van der Waals surface area contributed by atoms with Crippen LogP contribution < -0.4 is 3.71 Å². The Morgan fingerprint density at radius 2 is 2.10 bits per heavy atom. The molecule has 2 nitrogen and oxygen atoms in total. The fraction of sp³-hybridized carbons (Fsp3) is 0. The average Bonchev–Trinajstić information content (AvgIpc) is 2.34. The molecule has 1 heterocycles. The second-order valence-electron chi connectivity index (χ2n) is 2.12. The molecule has 0 fully saturated rings. The first-order valence-corrected chi connectivity index (χ1v) is 4.45. The van der Waals surface area contributed by atoms with Gasteiger partial charge in [-0.3, -0.25) is 0 Å². The molecule has 3 heteroatoms.